The predicted molar refractivity (Wildman–Crippen MR) is 80.7 cm³/mol. The van der Waals surface area contributed by atoms with Crippen LogP contribution in [0.25, 0.3) is 5.52 Å². The summed E-state index contributed by atoms with van der Waals surface area (Å²) >= 11 is 0. The monoisotopic (exact) mass is 297 g/mol. The second-order valence-corrected chi connectivity index (χ2v) is 5.52. The first-order valence-corrected chi connectivity index (χ1v) is 7.18. The van der Waals surface area contributed by atoms with E-state index in [9.17, 15) is 9.59 Å². The summed E-state index contributed by atoms with van der Waals surface area (Å²) in [4.78, 5) is 30.5. The lowest BCUT2D eigenvalue weighted by Crippen LogP contribution is -2.38. The second-order valence-electron chi connectivity index (χ2n) is 5.52. The molecular weight excluding hydrogens is 282 g/mol. The van der Waals surface area contributed by atoms with E-state index in [4.69, 9.17) is 0 Å². The van der Waals surface area contributed by atoms with Gasteiger partial charge in [0.25, 0.3) is 5.56 Å². The Morgan fingerprint density at radius 3 is 3.05 bits per heavy atom. The molecule has 0 atom stereocenters. The number of aromatic nitrogens is 4. The van der Waals surface area contributed by atoms with Gasteiger partial charge in [0.2, 0.25) is 0 Å². The highest BCUT2D eigenvalue weighted by atomic mass is 16.2. The molecule has 22 heavy (non-hydrogen) atoms. The van der Waals surface area contributed by atoms with Gasteiger partial charge < -0.3 is 4.98 Å². The summed E-state index contributed by atoms with van der Waals surface area (Å²) < 4.78 is 1.85. The molecule has 0 aliphatic carbocycles. The normalized spacial score (nSPS) is 15.1. The lowest BCUT2D eigenvalue weighted by Gasteiger charge is -2.27. The summed E-state index contributed by atoms with van der Waals surface area (Å²) in [5.41, 5.74) is 2.96. The molecule has 0 aromatic carbocycles. The maximum absolute atomic E-state index is 11.8. The molecule has 4 rings (SSSR count). The fourth-order valence-corrected chi connectivity index (χ4v) is 3.05. The van der Waals surface area contributed by atoms with Crippen LogP contribution >= 0.6 is 0 Å². The van der Waals surface area contributed by atoms with Crippen molar-refractivity contribution in [2.24, 2.45) is 0 Å². The summed E-state index contributed by atoms with van der Waals surface area (Å²) in [6.45, 7) is 2.12. The Labute approximate surface area is 125 Å². The lowest BCUT2D eigenvalue weighted by molar-refractivity contribution is 0.240. The van der Waals surface area contributed by atoms with Gasteiger partial charge in [0.1, 0.15) is 0 Å². The summed E-state index contributed by atoms with van der Waals surface area (Å²) in [5.74, 6) is 0. The van der Waals surface area contributed by atoms with Crippen molar-refractivity contribution in [1.82, 2.24) is 24.5 Å². The van der Waals surface area contributed by atoms with Crippen LogP contribution in [0.1, 0.15) is 16.8 Å². The Hall–Kier alpha value is -2.67. The molecule has 1 aliphatic heterocycles. The van der Waals surface area contributed by atoms with Crippen LogP contribution in [0.5, 0.6) is 0 Å². The molecule has 7 heteroatoms. The van der Waals surface area contributed by atoms with Crippen molar-refractivity contribution in [1.29, 1.82) is 0 Å². The van der Waals surface area contributed by atoms with Gasteiger partial charge in [-0.1, -0.05) is 6.07 Å². The van der Waals surface area contributed by atoms with Gasteiger partial charge in [-0.2, -0.15) is 5.10 Å². The van der Waals surface area contributed by atoms with Crippen molar-refractivity contribution in [3.05, 3.63) is 68.3 Å². The zero-order valence-corrected chi connectivity index (χ0v) is 11.9. The first kappa shape index (κ1) is 13.0. The van der Waals surface area contributed by atoms with Crippen LogP contribution in [0.15, 0.2) is 40.2 Å². The number of aromatic amines is 2. The minimum absolute atomic E-state index is 0.267. The van der Waals surface area contributed by atoms with Crippen LogP contribution in [-0.4, -0.2) is 31.0 Å². The fraction of sp³-hybridized carbons (Fsp3) is 0.267. The Morgan fingerprint density at radius 1 is 1.23 bits per heavy atom. The molecule has 0 radical (unpaired) electrons. The Kier molecular flexibility index (Phi) is 2.93. The van der Waals surface area contributed by atoms with Gasteiger partial charge in [0, 0.05) is 43.3 Å². The minimum Gasteiger partial charge on any atom is -0.310 e. The SMILES string of the molecule is O=c1[nH]c2c(c(=O)[nH]1)CCN(Cc1cccn3nccc13)C2. The van der Waals surface area contributed by atoms with E-state index >= 15 is 0 Å². The van der Waals surface area contributed by atoms with Gasteiger partial charge in [-0.25, -0.2) is 9.31 Å². The first-order chi connectivity index (χ1) is 10.7. The highest BCUT2D eigenvalue weighted by Crippen LogP contribution is 2.18. The van der Waals surface area contributed by atoms with Crippen molar-refractivity contribution >= 4 is 5.52 Å². The molecule has 4 heterocycles. The van der Waals surface area contributed by atoms with E-state index in [0.29, 0.717) is 18.5 Å². The number of nitrogens with one attached hydrogen (secondary N) is 2. The van der Waals surface area contributed by atoms with Crippen molar-refractivity contribution in [3.63, 3.8) is 0 Å². The molecule has 0 amide bonds. The largest absolute Gasteiger partial charge is 0.325 e. The highest BCUT2D eigenvalue weighted by Gasteiger charge is 2.20. The summed E-state index contributed by atoms with van der Waals surface area (Å²) in [6.07, 6.45) is 4.34. The molecule has 2 N–H and O–H groups in total. The van der Waals surface area contributed by atoms with E-state index in [1.54, 1.807) is 6.20 Å². The molecule has 0 fully saturated rings. The van der Waals surface area contributed by atoms with Crippen LogP contribution in [0.2, 0.25) is 0 Å². The van der Waals surface area contributed by atoms with Gasteiger partial charge in [0.05, 0.1) is 5.52 Å². The van der Waals surface area contributed by atoms with Gasteiger partial charge in [-0.3, -0.25) is 14.7 Å². The molecular formula is C15H15N5O2. The highest BCUT2D eigenvalue weighted by molar-refractivity contribution is 5.53. The van der Waals surface area contributed by atoms with E-state index in [1.165, 1.54) is 5.56 Å². The van der Waals surface area contributed by atoms with Crippen LogP contribution < -0.4 is 11.2 Å². The van der Waals surface area contributed by atoms with Gasteiger partial charge in [0.15, 0.2) is 0 Å². The molecule has 1 aliphatic rings. The van der Waals surface area contributed by atoms with Gasteiger partial charge in [-0.05, 0) is 24.1 Å². The van der Waals surface area contributed by atoms with Crippen molar-refractivity contribution in [2.75, 3.05) is 6.54 Å². The molecule has 0 bridgehead atoms. The van der Waals surface area contributed by atoms with Gasteiger partial charge >= 0.3 is 5.69 Å². The van der Waals surface area contributed by atoms with Crippen molar-refractivity contribution in [2.45, 2.75) is 19.5 Å². The Balaban J connectivity index is 1.64. The molecule has 0 unspecified atom stereocenters. The third-order valence-corrected chi connectivity index (χ3v) is 4.11. The predicted octanol–water partition coefficient (Wildman–Crippen LogP) is 0.269. The Morgan fingerprint density at radius 2 is 2.14 bits per heavy atom. The zero-order valence-electron chi connectivity index (χ0n) is 11.9. The third kappa shape index (κ3) is 2.15. The lowest BCUT2D eigenvalue weighted by atomic mass is 10.1. The minimum atomic E-state index is -0.441. The molecule has 0 saturated carbocycles. The van der Waals surface area contributed by atoms with E-state index in [-0.39, 0.29) is 5.56 Å². The number of hydrogen-bond donors (Lipinski definition) is 2. The summed E-state index contributed by atoms with van der Waals surface area (Å²) in [6, 6.07) is 6.03. The quantitative estimate of drug-likeness (QED) is 0.711. The average molecular weight is 297 g/mol. The van der Waals surface area contributed by atoms with Crippen LogP contribution in [0, 0.1) is 0 Å². The summed E-state index contributed by atoms with van der Waals surface area (Å²) in [7, 11) is 0. The van der Waals surface area contributed by atoms with Crippen molar-refractivity contribution in [3.8, 4) is 0 Å². The van der Waals surface area contributed by atoms with Crippen molar-refractivity contribution < 1.29 is 0 Å². The van der Waals surface area contributed by atoms with E-state index in [2.05, 4.69) is 26.0 Å². The van der Waals surface area contributed by atoms with Crippen LogP contribution in [-0.2, 0) is 19.5 Å². The maximum atomic E-state index is 11.8. The topological polar surface area (TPSA) is 86.3 Å². The molecule has 0 spiro atoms. The molecule has 112 valence electrons. The van der Waals surface area contributed by atoms with Crippen LogP contribution in [0.3, 0.4) is 0 Å². The average Bonchev–Trinajstić information content (AvgIpc) is 2.96. The van der Waals surface area contributed by atoms with E-state index in [1.807, 2.05) is 22.8 Å². The second kappa shape index (κ2) is 4.96. The van der Waals surface area contributed by atoms with Gasteiger partial charge in [-0.15, -0.1) is 0 Å². The number of H-pyrrole nitrogens is 2. The molecule has 0 saturated heterocycles. The fourth-order valence-electron chi connectivity index (χ4n) is 3.05. The molecule has 3 aromatic rings. The number of fused-ring (bicyclic) bond motifs is 2. The zero-order chi connectivity index (χ0) is 15.1. The van der Waals surface area contributed by atoms with Crippen LogP contribution in [0.4, 0.5) is 0 Å². The number of rotatable bonds is 2. The standard InChI is InChI=1S/C15H15N5O2/c21-14-11-4-7-19(9-12(11)17-15(22)18-14)8-10-2-1-6-20-13(10)3-5-16-20/h1-3,5-6H,4,7-9H2,(H2,17,18,21,22). The smallest absolute Gasteiger partial charge is 0.310 e. The number of pyridine rings is 1. The summed E-state index contributed by atoms with van der Waals surface area (Å²) in [5, 5.41) is 4.24. The van der Waals surface area contributed by atoms with E-state index in [0.717, 1.165) is 24.3 Å². The number of hydrogen-bond acceptors (Lipinski definition) is 4. The Bertz CT molecular complexity index is 952. The molecule has 3 aromatic heterocycles. The third-order valence-electron chi connectivity index (χ3n) is 4.11. The van der Waals surface area contributed by atoms with E-state index < -0.39 is 5.69 Å². The number of nitrogens with zero attached hydrogens (tertiary/aromatic N) is 3. The maximum Gasteiger partial charge on any atom is 0.325 e. The first-order valence-electron chi connectivity index (χ1n) is 7.18. The molecule has 7 nitrogen and oxygen atoms in total.